The zero-order valence-corrected chi connectivity index (χ0v) is 8.97. The first-order chi connectivity index (χ1) is 7.68. The van der Waals surface area contributed by atoms with Crippen LogP contribution < -0.4 is 10.5 Å². The number of nitrogens with one attached hydrogen (secondary N) is 1. The molecule has 0 saturated heterocycles. The predicted octanol–water partition coefficient (Wildman–Crippen LogP) is 1.94. The number of hydrogen-bond donors (Lipinski definition) is 2. The number of aromatic nitrogens is 1. The maximum absolute atomic E-state index is 7.29. The summed E-state index contributed by atoms with van der Waals surface area (Å²) in [7, 11) is 0. The lowest BCUT2D eigenvalue weighted by Gasteiger charge is -2.14. The van der Waals surface area contributed by atoms with Crippen molar-refractivity contribution in [1.82, 2.24) is 4.98 Å². The van der Waals surface area contributed by atoms with Gasteiger partial charge in [-0.3, -0.25) is 10.4 Å². The first kappa shape index (κ1) is 10.4. The highest BCUT2D eigenvalue weighted by atomic mass is 16.5. The molecule has 2 aromatic rings. The van der Waals surface area contributed by atoms with Crippen molar-refractivity contribution in [2.24, 2.45) is 5.73 Å². The summed E-state index contributed by atoms with van der Waals surface area (Å²) in [6, 6.07) is 9.53. The molecule has 0 aliphatic rings. The molecule has 82 valence electrons. The summed E-state index contributed by atoms with van der Waals surface area (Å²) in [5.74, 6) is 0.661. The van der Waals surface area contributed by atoms with Gasteiger partial charge >= 0.3 is 0 Å². The van der Waals surface area contributed by atoms with E-state index in [0.29, 0.717) is 5.75 Å². The fourth-order valence-electron chi connectivity index (χ4n) is 1.43. The molecule has 16 heavy (non-hydrogen) atoms. The van der Waals surface area contributed by atoms with Crippen molar-refractivity contribution in [3.05, 3.63) is 36.5 Å². The Morgan fingerprint density at radius 1 is 1.38 bits per heavy atom. The first-order valence-electron chi connectivity index (χ1n) is 5.03. The summed E-state index contributed by atoms with van der Waals surface area (Å²) < 4.78 is 5.58. The van der Waals surface area contributed by atoms with E-state index in [4.69, 9.17) is 15.9 Å². The third kappa shape index (κ3) is 1.95. The Bertz CT molecular complexity index is 519. The van der Waals surface area contributed by atoms with Gasteiger partial charge in [0.05, 0.1) is 0 Å². The van der Waals surface area contributed by atoms with E-state index in [0.717, 1.165) is 10.9 Å². The van der Waals surface area contributed by atoms with Gasteiger partial charge in [0, 0.05) is 11.6 Å². The number of nitrogens with zero attached hydrogens (tertiary/aromatic N) is 1. The van der Waals surface area contributed by atoms with Crippen molar-refractivity contribution in [2.45, 2.75) is 13.0 Å². The fourth-order valence-corrected chi connectivity index (χ4v) is 1.43. The SMILES string of the molecule is CC(Oc1cccc2cccnc12)C(=N)N. The lowest BCUT2D eigenvalue weighted by atomic mass is 10.2. The molecule has 1 heterocycles. The van der Waals surface area contributed by atoms with Crippen molar-refractivity contribution in [3.63, 3.8) is 0 Å². The molecule has 0 aliphatic carbocycles. The molecule has 4 heteroatoms. The number of benzene rings is 1. The molecule has 1 aromatic carbocycles. The van der Waals surface area contributed by atoms with Gasteiger partial charge < -0.3 is 10.5 Å². The molecule has 1 atom stereocenters. The Balaban J connectivity index is 2.41. The largest absolute Gasteiger partial charge is 0.481 e. The molecule has 0 fully saturated rings. The van der Waals surface area contributed by atoms with E-state index >= 15 is 0 Å². The third-order valence-corrected chi connectivity index (χ3v) is 2.34. The van der Waals surface area contributed by atoms with Gasteiger partial charge in [0.2, 0.25) is 0 Å². The van der Waals surface area contributed by atoms with Crippen LogP contribution in [0.1, 0.15) is 6.92 Å². The number of amidine groups is 1. The number of ether oxygens (including phenoxy) is 1. The monoisotopic (exact) mass is 215 g/mol. The quantitative estimate of drug-likeness (QED) is 0.607. The average Bonchev–Trinajstić information content (AvgIpc) is 2.29. The van der Waals surface area contributed by atoms with E-state index in [1.165, 1.54) is 0 Å². The van der Waals surface area contributed by atoms with Gasteiger partial charge in [-0.15, -0.1) is 0 Å². The molecule has 0 aliphatic heterocycles. The molecule has 0 bridgehead atoms. The second-order valence-electron chi connectivity index (χ2n) is 3.55. The van der Waals surface area contributed by atoms with Gasteiger partial charge in [0.25, 0.3) is 0 Å². The third-order valence-electron chi connectivity index (χ3n) is 2.34. The van der Waals surface area contributed by atoms with Crippen LogP contribution in [-0.2, 0) is 0 Å². The number of pyridine rings is 1. The van der Waals surface area contributed by atoms with E-state index in [-0.39, 0.29) is 5.84 Å². The highest BCUT2D eigenvalue weighted by Crippen LogP contribution is 2.23. The Morgan fingerprint density at radius 3 is 2.88 bits per heavy atom. The Morgan fingerprint density at radius 2 is 2.12 bits per heavy atom. The van der Waals surface area contributed by atoms with Crippen LogP contribution in [0.4, 0.5) is 0 Å². The van der Waals surface area contributed by atoms with Crippen molar-refractivity contribution >= 4 is 16.7 Å². The van der Waals surface area contributed by atoms with Crippen molar-refractivity contribution in [3.8, 4) is 5.75 Å². The molecule has 0 amide bonds. The lowest BCUT2D eigenvalue weighted by molar-refractivity contribution is 0.287. The number of nitrogens with two attached hydrogens (primary N) is 1. The highest BCUT2D eigenvalue weighted by molar-refractivity contribution is 5.86. The second-order valence-corrected chi connectivity index (χ2v) is 3.55. The zero-order chi connectivity index (χ0) is 11.5. The molecule has 0 spiro atoms. The van der Waals surface area contributed by atoms with Crippen molar-refractivity contribution in [2.75, 3.05) is 0 Å². The van der Waals surface area contributed by atoms with E-state index in [1.807, 2.05) is 30.3 Å². The van der Waals surface area contributed by atoms with Gasteiger partial charge in [-0.25, -0.2) is 0 Å². The van der Waals surface area contributed by atoms with Crippen LogP contribution >= 0.6 is 0 Å². The summed E-state index contributed by atoms with van der Waals surface area (Å²) in [5.41, 5.74) is 6.16. The van der Waals surface area contributed by atoms with Crippen LogP contribution in [-0.4, -0.2) is 16.9 Å². The van der Waals surface area contributed by atoms with E-state index in [1.54, 1.807) is 13.1 Å². The number of fused-ring (bicyclic) bond motifs is 1. The smallest absolute Gasteiger partial charge is 0.152 e. The van der Waals surface area contributed by atoms with E-state index < -0.39 is 6.10 Å². The average molecular weight is 215 g/mol. The van der Waals surface area contributed by atoms with Gasteiger partial charge in [-0.2, -0.15) is 0 Å². The topological polar surface area (TPSA) is 72.0 Å². The minimum Gasteiger partial charge on any atom is -0.481 e. The second kappa shape index (κ2) is 4.18. The van der Waals surface area contributed by atoms with Crippen molar-refractivity contribution in [1.29, 1.82) is 5.41 Å². The summed E-state index contributed by atoms with van der Waals surface area (Å²) in [6.45, 7) is 1.74. The number of hydrogen-bond acceptors (Lipinski definition) is 3. The van der Waals surface area contributed by atoms with Crippen LogP contribution in [0.15, 0.2) is 36.5 Å². The molecule has 4 nitrogen and oxygen atoms in total. The summed E-state index contributed by atoms with van der Waals surface area (Å²) in [6.07, 6.45) is 1.28. The molecule has 0 saturated carbocycles. The van der Waals surface area contributed by atoms with Crippen molar-refractivity contribution < 1.29 is 4.74 Å². The summed E-state index contributed by atoms with van der Waals surface area (Å²) in [4.78, 5) is 4.26. The van der Waals surface area contributed by atoms with Crippen LogP contribution in [0.3, 0.4) is 0 Å². The Kier molecular flexibility index (Phi) is 2.72. The van der Waals surface area contributed by atoms with E-state index in [9.17, 15) is 0 Å². The standard InChI is InChI=1S/C12H13N3O/c1-8(12(13)14)16-10-6-2-4-9-5-3-7-15-11(9)10/h2-8H,1H3,(H3,13,14). The maximum Gasteiger partial charge on any atom is 0.152 e. The molecular formula is C12H13N3O. The fraction of sp³-hybridized carbons (Fsp3) is 0.167. The maximum atomic E-state index is 7.29. The predicted molar refractivity (Wildman–Crippen MR) is 63.7 cm³/mol. The van der Waals surface area contributed by atoms with Crippen LogP contribution in [0.25, 0.3) is 10.9 Å². The van der Waals surface area contributed by atoms with Crippen LogP contribution in [0.5, 0.6) is 5.75 Å². The highest BCUT2D eigenvalue weighted by Gasteiger charge is 2.09. The van der Waals surface area contributed by atoms with Gasteiger partial charge in [-0.1, -0.05) is 18.2 Å². The molecule has 1 aromatic heterocycles. The first-order valence-corrected chi connectivity index (χ1v) is 5.03. The van der Waals surface area contributed by atoms with Gasteiger partial charge in [0.1, 0.15) is 17.1 Å². The minimum absolute atomic E-state index is 0.00735. The number of rotatable bonds is 3. The van der Waals surface area contributed by atoms with Crippen LogP contribution in [0.2, 0.25) is 0 Å². The Hall–Kier alpha value is -2.10. The minimum atomic E-state index is -0.437. The number of para-hydroxylation sites is 1. The lowest BCUT2D eigenvalue weighted by Crippen LogP contribution is -2.30. The molecule has 1 unspecified atom stereocenters. The molecular weight excluding hydrogens is 202 g/mol. The molecule has 2 rings (SSSR count). The molecule has 3 N–H and O–H groups in total. The summed E-state index contributed by atoms with van der Waals surface area (Å²) >= 11 is 0. The van der Waals surface area contributed by atoms with E-state index in [2.05, 4.69) is 4.98 Å². The van der Waals surface area contributed by atoms with Gasteiger partial charge in [0.15, 0.2) is 6.10 Å². The molecule has 0 radical (unpaired) electrons. The normalized spacial score (nSPS) is 12.3. The Labute approximate surface area is 93.6 Å². The zero-order valence-electron chi connectivity index (χ0n) is 8.97. The van der Waals surface area contributed by atoms with Gasteiger partial charge in [-0.05, 0) is 19.1 Å². The van der Waals surface area contributed by atoms with Crippen LogP contribution in [0, 0.1) is 5.41 Å². The summed E-state index contributed by atoms with van der Waals surface area (Å²) in [5, 5.41) is 8.30.